The fraction of sp³-hybridized carbons (Fsp3) is 0.0455. The highest BCUT2D eigenvalue weighted by molar-refractivity contribution is 6.18. The fourth-order valence-electron chi connectivity index (χ4n) is 3.26. The average molecular weight is 391 g/mol. The van der Waals surface area contributed by atoms with Crippen molar-refractivity contribution in [3.8, 4) is 11.1 Å². The first-order valence-electron chi connectivity index (χ1n) is 8.78. The molecule has 7 heteroatoms. The number of aromatic nitrogens is 2. The van der Waals surface area contributed by atoms with Crippen LogP contribution < -0.4 is 5.32 Å². The number of aromatic amines is 1. The van der Waals surface area contributed by atoms with Crippen molar-refractivity contribution >= 4 is 28.4 Å². The molecule has 0 radical (unpaired) electrons. The molecule has 2 N–H and O–H groups in total. The Kier molecular flexibility index (Phi) is 4.64. The van der Waals surface area contributed by atoms with Crippen LogP contribution in [0.4, 0.5) is 14.5 Å². The first-order chi connectivity index (χ1) is 13.9. The maximum atomic E-state index is 14.2. The number of anilines is 1. The number of fused-ring (bicyclic) bond motifs is 1. The zero-order valence-corrected chi connectivity index (χ0v) is 15.3. The van der Waals surface area contributed by atoms with Gasteiger partial charge in [-0.05, 0) is 47.5 Å². The lowest BCUT2D eigenvalue weighted by Gasteiger charge is -2.09. The van der Waals surface area contributed by atoms with Crippen LogP contribution >= 0.6 is 0 Å². The molecule has 2 heterocycles. The van der Waals surface area contributed by atoms with Crippen LogP contribution in [0.3, 0.4) is 0 Å². The first-order valence-corrected chi connectivity index (χ1v) is 8.78. The summed E-state index contributed by atoms with van der Waals surface area (Å²) in [7, 11) is 0. The van der Waals surface area contributed by atoms with Crippen molar-refractivity contribution < 1.29 is 18.4 Å². The average Bonchev–Trinajstić information content (AvgIpc) is 3.13. The van der Waals surface area contributed by atoms with E-state index in [2.05, 4.69) is 15.3 Å². The molecule has 5 nitrogen and oxygen atoms in total. The Morgan fingerprint density at radius 3 is 2.66 bits per heavy atom. The van der Waals surface area contributed by atoms with Crippen molar-refractivity contribution in [2.75, 3.05) is 5.32 Å². The second-order valence-electron chi connectivity index (χ2n) is 6.50. The predicted molar refractivity (Wildman–Crippen MR) is 106 cm³/mol. The van der Waals surface area contributed by atoms with Crippen LogP contribution in [-0.4, -0.2) is 21.7 Å². The van der Waals surface area contributed by atoms with Gasteiger partial charge in [0.15, 0.2) is 5.78 Å². The second kappa shape index (κ2) is 7.27. The van der Waals surface area contributed by atoms with Crippen LogP contribution in [0, 0.1) is 11.6 Å². The normalized spacial score (nSPS) is 10.9. The fourth-order valence-corrected chi connectivity index (χ4v) is 3.26. The van der Waals surface area contributed by atoms with Crippen molar-refractivity contribution in [2.24, 2.45) is 0 Å². The quantitative estimate of drug-likeness (QED) is 0.495. The molecule has 0 saturated carbocycles. The van der Waals surface area contributed by atoms with E-state index in [9.17, 15) is 18.4 Å². The number of rotatable bonds is 4. The third kappa shape index (κ3) is 3.50. The summed E-state index contributed by atoms with van der Waals surface area (Å²) in [6, 6.07) is 11.6. The number of nitrogens with one attached hydrogen (secondary N) is 2. The van der Waals surface area contributed by atoms with E-state index in [0.29, 0.717) is 22.3 Å². The van der Waals surface area contributed by atoms with E-state index in [1.165, 1.54) is 13.1 Å². The first kappa shape index (κ1) is 18.5. The van der Waals surface area contributed by atoms with Gasteiger partial charge in [0.05, 0.1) is 11.1 Å². The Hall–Kier alpha value is -3.87. The van der Waals surface area contributed by atoms with E-state index >= 15 is 0 Å². The van der Waals surface area contributed by atoms with E-state index in [4.69, 9.17) is 0 Å². The Labute approximate surface area is 164 Å². The Bertz CT molecular complexity index is 1260. The van der Waals surface area contributed by atoms with Gasteiger partial charge in [-0.15, -0.1) is 0 Å². The second-order valence-corrected chi connectivity index (χ2v) is 6.50. The summed E-state index contributed by atoms with van der Waals surface area (Å²) in [6.07, 6.45) is 3.02. The van der Waals surface area contributed by atoms with Crippen molar-refractivity contribution in [3.63, 3.8) is 0 Å². The topological polar surface area (TPSA) is 74.8 Å². The molecule has 0 aliphatic carbocycles. The van der Waals surface area contributed by atoms with Gasteiger partial charge in [-0.2, -0.15) is 0 Å². The number of benzene rings is 2. The molecule has 1 amide bonds. The van der Waals surface area contributed by atoms with Crippen LogP contribution in [0.25, 0.3) is 22.2 Å². The lowest BCUT2D eigenvalue weighted by Crippen LogP contribution is -2.06. The molecule has 0 aliphatic heterocycles. The van der Waals surface area contributed by atoms with Gasteiger partial charge < -0.3 is 10.3 Å². The summed E-state index contributed by atoms with van der Waals surface area (Å²) in [5.41, 5.74) is 2.26. The Morgan fingerprint density at radius 1 is 1.03 bits per heavy atom. The van der Waals surface area contributed by atoms with Crippen LogP contribution in [0.15, 0.2) is 60.9 Å². The summed E-state index contributed by atoms with van der Waals surface area (Å²) < 4.78 is 27.7. The summed E-state index contributed by atoms with van der Waals surface area (Å²) in [5, 5.41) is 3.20. The molecule has 0 saturated heterocycles. The molecule has 4 aromatic rings. The zero-order valence-electron chi connectivity index (χ0n) is 15.3. The molecular weight excluding hydrogens is 376 g/mol. The smallest absolute Gasteiger partial charge is 0.221 e. The molecule has 2 aromatic heterocycles. The zero-order chi connectivity index (χ0) is 20.5. The van der Waals surface area contributed by atoms with Gasteiger partial charge >= 0.3 is 0 Å². The van der Waals surface area contributed by atoms with Crippen LogP contribution in [-0.2, 0) is 4.79 Å². The summed E-state index contributed by atoms with van der Waals surface area (Å²) in [5.74, 6) is -2.36. The SMILES string of the molecule is CC(=O)Nc1cccc(-c2ccnc3[nH]cc(C(=O)c4cc(F)ccc4F)c23)c1. The number of nitrogens with zero attached hydrogens (tertiary/aromatic N) is 1. The molecule has 0 aliphatic rings. The maximum absolute atomic E-state index is 14.2. The molecular formula is C22H15F2N3O2. The summed E-state index contributed by atoms with van der Waals surface area (Å²) >= 11 is 0. The third-order valence-corrected chi connectivity index (χ3v) is 4.49. The summed E-state index contributed by atoms with van der Waals surface area (Å²) in [6.45, 7) is 1.41. The largest absolute Gasteiger partial charge is 0.345 e. The molecule has 0 fully saturated rings. The highest BCUT2D eigenvalue weighted by atomic mass is 19.1. The minimum absolute atomic E-state index is 0.178. The van der Waals surface area contributed by atoms with Crippen molar-refractivity contribution in [2.45, 2.75) is 6.92 Å². The minimum Gasteiger partial charge on any atom is -0.345 e. The molecule has 2 aromatic carbocycles. The van der Waals surface area contributed by atoms with E-state index in [1.54, 1.807) is 30.5 Å². The third-order valence-electron chi connectivity index (χ3n) is 4.49. The molecule has 0 unspecified atom stereocenters. The number of hydrogen-bond donors (Lipinski definition) is 2. The number of ketones is 1. The Balaban J connectivity index is 1.88. The minimum atomic E-state index is -0.802. The number of H-pyrrole nitrogens is 1. The molecule has 0 spiro atoms. The molecule has 29 heavy (non-hydrogen) atoms. The van der Waals surface area contributed by atoms with Gasteiger partial charge in [0.2, 0.25) is 5.91 Å². The summed E-state index contributed by atoms with van der Waals surface area (Å²) in [4.78, 5) is 31.5. The van der Waals surface area contributed by atoms with Crippen molar-refractivity contribution in [3.05, 3.63) is 83.7 Å². The van der Waals surface area contributed by atoms with Gasteiger partial charge in [0.25, 0.3) is 0 Å². The predicted octanol–water partition coefficient (Wildman–Crippen LogP) is 4.70. The molecule has 4 rings (SSSR count). The van der Waals surface area contributed by atoms with E-state index < -0.39 is 17.4 Å². The van der Waals surface area contributed by atoms with Gasteiger partial charge in [-0.3, -0.25) is 9.59 Å². The van der Waals surface area contributed by atoms with Crippen LogP contribution in [0.5, 0.6) is 0 Å². The number of carbonyl (C=O) groups is 2. The van der Waals surface area contributed by atoms with E-state index in [1.807, 2.05) is 6.07 Å². The number of pyridine rings is 1. The standard InChI is InChI=1S/C22H15F2N3O2/c1-12(28)27-15-4-2-3-13(9-15)16-7-8-25-22-20(16)18(11-26-22)21(29)17-10-14(23)5-6-19(17)24/h2-11H,1H3,(H,25,26)(H,27,28). The molecule has 0 atom stereocenters. The van der Waals surface area contributed by atoms with Gasteiger partial charge in [0, 0.05) is 30.4 Å². The van der Waals surface area contributed by atoms with Crippen molar-refractivity contribution in [1.29, 1.82) is 0 Å². The number of amides is 1. The monoisotopic (exact) mass is 391 g/mol. The Morgan fingerprint density at radius 2 is 1.86 bits per heavy atom. The lowest BCUT2D eigenvalue weighted by atomic mass is 9.96. The molecule has 0 bridgehead atoms. The van der Waals surface area contributed by atoms with Gasteiger partial charge in [0.1, 0.15) is 17.3 Å². The van der Waals surface area contributed by atoms with E-state index in [-0.39, 0.29) is 17.0 Å². The molecule has 144 valence electrons. The highest BCUT2D eigenvalue weighted by Crippen LogP contribution is 2.32. The number of carbonyl (C=O) groups excluding carboxylic acids is 2. The van der Waals surface area contributed by atoms with E-state index in [0.717, 1.165) is 23.8 Å². The van der Waals surface area contributed by atoms with Crippen LogP contribution in [0.2, 0.25) is 0 Å². The highest BCUT2D eigenvalue weighted by Gasteiger charge is 2.21. The number of hydrogen-bond acceptors (Lipinski definition) is 3. The maximum Gasteiger partial charge on any atom is 0.221 e. The number of halogens is 2. The van der Waals surface area contributed by atoms with Crippen LogP contribution in [0.1, 0.15) is 22.8 Å². The van der Waals surface area contributed by atoms with Crippen molar-refractivity contribution in [1.82, 2.24) is 9.97 Å². The lowest BCUT2D eigenvalue weighted by molar-refractivity contribution is -0.114. The van der Waals surface area contributed by atoms with Gasteiger partial charge in [-0.25, -0.2) is 13.8 Å². The van der Waals surface area contributed by atoms with Gasteiger partial charge in [-0.1, -0.05) is 12.1 Å².